The Kier molecular flexibility index (Phi) is 4.89. The minimum Gasteiger partial charge on any atom is -0.318 e. The quantitative estimate of drug-likeness (QED) is 0.793. The number of nitriles is 1. The maximum Gasteiger partial charge on any atom is 0.209 e. The standard InChI is InChI=1S/C12H14N6S/c1-14-6-7-18-12(15-16-17-18)19-9-11-5-3-2-4-10(11)8-13/h2-5,14H,6-7,9H2,1H3. The number of benzene rings is 1. The zero-order valence-corrected chi connectivity index (χ0v) is 11.4. The lowest BCUT2D eigenvalue weighted by Gasteiger charge is -2.04. The summed E-state index contributed by atoms with van der Waals surface area (Å²) >= 11 is 1.53. The van der Waals surface area contributed by atoms with Crippen molar-refractivity contribution in [3.05, 3.63) is 35.4 Å². The number of hydrogen-bond donors (Lipinski definition) is 1. The van der Waals surface area contributed by atoms with Gasteiger partial charge in [-0.2, -0.15) is 5.26 Å². The van der Waals surface area contributed by atoms with Gasteiger partial charge in [-0.05, 0) is 29.1 Å². The maximum atomic E-state index is 9.03. The van der Waals surface area contributed by atoms with Crippen molar-refractivity contribution in [3.63, 3.8) is 0 Å². The third-order valence-electron chi connectivity index (χ3n) is 2.57. The first-order valence-electron chi connectivity index (χ1n) is 5.86. The molecule has 0 bridgehead atoms. The smallest absolute Gasteiger partial charge is 0.209 e. The van der Waals surface area contributed by atoms with Crippen LogP contribution in [0.25, 0.3) is 0 Å². The number of likely N-dealkylation sites (N-methyl/N-ethyl adjacent to an activating group) is 1. The van der Waals surface area contributed by atoms with Gasteiger partial charge in [0.15, 0.2) is 0 Å². The van der Waals surface area contributed by atoms with Crippen molar-refractivity contribution in [2.75, 3.05) is 13.6 Å². The van der Waals surface area contributed by atoms with Gasteiger partial charge >= 0.3 is 0 Å². The van der Waals surface area contributed by atoms with Crippen LogP contribution in [-0.4, -0.2) is 33.8 Å². The van der Waals surface area contributed by atoms with Crippen molar-refractivity contribution in [3.8, 4) is 6.07 Å². The number of rotatable bonds is 6. The predicted octanol–water partition coefficient (Wildman–Crippen LogP) is 1.06. The van der Waals surface area contributed by atoms with Crippen LogP contribution in [0.15, 0.2) is 29.4 Å². The van der Waals surface area contributed by atoms with E-state index in [4.69, 9.17) is 5.26 Å². The second-order valence-electron chi connectivity index (χ2n) is 3.85. The molecule has 1 aromatic heterocycles. The van der Waals surface area contributed by atoms with Crippen molar-refractivity contribution in [2.45, 2.75) is 17.5 Å². The van der Waals surface area contributed by atoms with Crippen LogP contribution in [0.2, 0.25) is 0 Å². The Morgan fingerprint density at radius 3 is 3.05 bits per heavy atom. The van der Waals surface area contributed by atoms with E-state index in [1.165, 1.54) is 11.8 Å². The second-order valence-corrected chi connectivity index (χ2v) is 4.79. The van der Waals surface area contributed by atoms with Gasteiger partial charge < -0.3 is 5.32 Å². The molecular weight excluding hydrogens is 260 g/mol. The number of thioether (sulfide) groups is 1. The Bertz CT molecular complexity index is 574. The fourth-order valence-electron chi connectivity index (χ4n) is 1.56. The molecule has 0 saturated carbocycles. The number of tetrazole rings is 1. The molecule has 0 fully saturated rings. The van der Waals surface area contributed by atoms with Crippen LogP contribution in [0.4, 0.5) is 0 Å². The van der Waals surface area contributed by atoms with E-state index in [0.29, 0.717) is 11.3 Å². The molecule has 2 aromatic rings. The van der Waals surface area contributed by atoms with Gasteiger partial charge in [0.25, 0.3) is 0 Å². The average molecular weight is 274 g/mol. The highest BCUT2D eigenvalue weighted by Crippen LogP contribution is 2.21. The van der Waals surface area contributed by atoms with Crippen molar-refractivity contribution in [2.24, 2.45) is 0 Å². The van der Waals surface area contributed by atoms with E-state index in [9.17, 15) is 0 Å². The maximum absolute atomic E-state index is 9.03. The van der Waals surface area contributed by atoms with Gasteiger partial charge in [-0.25, -0.2) is 4.68 Å². The van der Waals surface area contributed by atoms with Crippen molar-refractivity contribution in [1.82, 2.24) is 25.5 Å². The largest absolute Gasteiger partial charge is 0.318 e. The zero-order valence-electron chi connectivity index (χ0n) is 10.6. The third kappa shape index (κ3) is 3.53. The molecular formula is C12H14N6S. The van der Waals surface area contributed by atoms with Crippen LogP contribution < -0.4 is 5.32 Å². The van der Waals surface area contributed by atoms with Crippen LogP contribution in [-0.2, 0) is 12.3 Å². The molecule has 0 saturated heterocycles. The molecule has 0 aliphatic carbocycles. The van der Waals surface area contributed by atoms with Gasteiger partial charge in [0.05, 0.1) is 18.2 Å². The van der Waals surface area contributed by atoms with E-state index in [0.717, 1.165) is 23.8 Å². The average Bonchev–Trinajstić information content (AvgIpc) is 2.90. The Labute approximate surface area is 115 Å². The van der Waals surface area contributed by atoms with E-state index in [2.05, 4.69) is 26.9 Å². The molecule has 0 atom stereocenters. The highest BCUT2D eigenvalue weighted by atomic mass is 32.2. The molecule has 0 radical (unpaired) electrons. The van der Waals surface area contributed by atoms with Gasteiger partial charge in [0.2, 0.25) is 5.16 Å². The van der Waals surface area contributed by atoms with Gasteiger partial charge in [0, 0.05) is 12.3 Å². The lowest BCUT2D eigenvalue weighted by Crippen LogP contribution is -2.16. The minimum atomic E-state index is 0.684. The lowest BCUT2D eigenvalue weighted by atomic mass is 10.1. The van der Waals surface area contributed by atoms with Gasteiger partial charge in [0.1, 0.15) is 0 Å². The highest BCUT2D eigenvalue weighted by Gasteiger charge is 2.08. The fraction of sp³-hybridized carbons (Fsp3) is 0.333. The number of nitrogens with zero attached hydrogens (tertiary/aromatic N) is 5. The minimum absolute atomic E-state index is 0.684. The van der Waals surface area contributed by atoms with Gasteiger partial charge in [-0.3, -0.25) is 0 Å². The summed E-state index contributed by atoms with van der Waals surface area (Å²) in [5.41, 5.74) is 1.70. The molecule has 19 heavy (non-hydrogen) atoms. The van der Waals surface area contributed by atoms with Gasteiger partial charge in [-0.15, -0.1) is 5.10 Å². The predicted molar refractivity (Wildman–Crippen MR) is 72.5 cm³/mol. The van der Waals surface area contributed by atoms with Crippen LogP contribution in [0.1, 0.15) is 11.1 Å². The summed E-state index contributed by atoms with van der Waals surface area (Å²) in [4.78, 5) is 0. The normalized spacial score (nSPS) is 10.3. The molecule has 0 amide bonds. The highest BCUT2D eigenvalue weighted by molar-refractivity contribution is 7.98. The van der Waals surface area contributed by atoms with E-state index in [1.807, 2.05) is 31.3 Å². The Morgan fingerprint density at radius 2 is 2.26 bits per heavy atom. The van der Waals surface area contributed by atoms with Crippen LogP contribution >= 0.6 is 11.8 Å². The Morgan fingerprint density at radius 1 is 1.42 bits per heavy atom. The molecule has 0 spiro atoms. The van der Waals surface area contributed by atoms with Crippen LogP contribution in [0.3, 0.4) is 0 Å². The summed E-state index contributed by atoms with van der Waals surface area (Å²) in [6, 6.07) is 9.76. The summed E-state index contributed by atoms with van der Waals surface area (Å²) in [5.74, 6) is 0.684. The molecule has 1 aromatic carbocycles. The number of hydrogen-bond acceptors (Lipinski definition) is 6. The van der Waals surface area contributed by atoms with Crippen LogP contribution in [0, 0.1) is 11.3 Å². The summed E-state index contributed by atoms with van der Waals surface area (Å²) < 4.78 is 1.76. The topological polar surface area (TPSA) is 79.4 Å². The fourth-order valence-corrected chi connectivity index (χ4v) is 2.46. The monoisotopic (exact) mass is 274 g/mol. The third-order valence-corrected chi connectivity index (χ3v) is 3.57. The molecule has 98 valence electrons. The van der Waals surface area contributed by atoms with E-state index in [-0.39, 0.29) is 0 Å². The first kappa shape index (κ1) is 13.5. The lowest BCUT2D eigenvalue weighted by molar-refractivity contribution is 0.530. The first-order valence-corrected chi connectivity index (χ1v) is 6.85. The van der Waals surface area contributed by atoms with E-state index < -0.39 is 0 Å². The van der Waals surface area contributed by atoms with E-state index in [1.54, 1.807) is 4.68 Å². The van der Waals surface area contributed by atoms with Crippen molar-refractivity contribution < 1.29 is 0 Å². The zero-order chi connectivity index (χ0) is 13.5. The molecule has 0 aliphatic heterocycles. The molecule has 0 unspecified atom stereocenters. The molecule has 1 heterocycles. The molecule has 6 nitrogen and oxygen atoms in total. The molecule has 1 N–H and O–H groups in total. The summed E-state index contributed by atoms with van der Waals surface area (Å²) in [6.45, 7) is 1.54. The summed E-state index contributed by atoms with van der Waals surface area (Å²) in [7, 11) is 1.89. The molecule has 2 rings (SSSR count). The molecule has 0 aliphatic rings. The van der Waals surface area contributed by atoms with E-state index >= 15 is 0 Å². The molecule has 7 heteroatoms. The SMILES string of the molecule is CNCCn1nnnc1SCc1ccccc1C#N. The second kappa shape index (κ2) is 6.87. The first-order chi connectivity index (χ1) is 9.35. The summed E-state index contributed by atoms with van der Waals surface area (Å²) in [5, 5.41) is 24.5. The van der Waals surface area contributed by atoms with Crippen molar-refractivity contribution >= 4 is 11.8 Å². The summed E-state index contributed by atoms with van der Waals surface area (Å²) in [6.07, 6.45) is 0. The number of aromatic nitrogens is 4. The number of nitrogens with one attached hydrogen (secondary N) is 1. The van der Waals surface area contributed by atoms with Crippen molar-refractivity contribution in [1.29, 1.82) is 5.26 Å². The Hall–Kier alpha value is -1.91. The van der Waals surface area contributed by atoms with Crippen LogP contribution in [0.5, 0.6) is 0 Å². The Balaban J connectivity index is 2.03. The van der Waals surface area contributed by atoms with Gasteiger partial charge in [-0.1, -0.05) is 30.0 Å².